The van der Waals surface area contributed by atoms with Gasteiger partial charge in [0, 0.05) is 11.9 Å². The summed E-state index contributed by atoms with van der Waals surface area (Å²) in [4.78, 5) is 11.8. The number of halogens is 1. The van der Waals surface area contributed by atoms with E-state index in [1.165, 1.54) is 0 Å². The van der Waals surface area contributed by atoms with Crippen LogP contribution in [-0.4, -0.2) is 26.0 Å². The maximum atomic E-state index is 11.8. The summed E-state index contributed by atoms with van der Waals surface area (Å²) in [7, 11) is 1.89. The molecule has 2 aromatic rings. The van der Waals surface area contributed by atoms with E-state index in [9.17, 15) is 4.79 Å². The molecule has 1 amide bonds. The SMILES string of the molecule is CNCCCNC(=O)c1cc2cccc(Br)c2o1. The average molecular weight is 311 g/mol. The van der Waals surface area contributed by atoms with E-state index < -0.39 is 0 Å². The molecule has 0 aliphatic rings. The second kappa shape index (κ2) is 6.02. The van der Waals surface area contributed by atoms with Crippen molar-refractivity contribution in [1.29, 1.82) is 0 Å². The zero-order valence-corrected chi connectivity index (χ0v) is 11.7. The van der Waals surface area contributed by atoms with Crippen LogP contribution in [0.4, 0.5) is 0 Å². The fraction of sp³-hybridized carbons (Fsp3) is 0.308. The molecule has 0 radical (unpaired) electrons. The summed E-state index contributed by atoms with van der Waals surface area (Å²) in [6.07, 6.45) is 0.895. The van der Waals surface area contributed by atoms with E-state index in [1.54, 1.807) is 6.07 Å². The molecule has 1 aromatic carbocycles. The average Bonchev–Trinajstić information content (AvgIpc) is 2.80. The van der Waals surface area contributed by atoms with Crippen molar-refractivity contribution < 1.29 is 9.21 Å². The molecule has 1 heterocycles. The predicted molar refractivity (Wildman–Crippen MR) is 74.8 cm³/mol. The lowest BCUT2D eigenvalue weighted by atomic mass is 10.2. The monoisotopic (exact) mass is 310 g/mol. The molecule has 0 atom stereocenters. The molecular weight excluding hydrogens is 296 g/mol. The van der Waals surface area contributed by atoms with Gasteiger partial charge < -0.3 is 15.1 Å². The van der Waals surface area contributed by atoms with Crippen molar-refractivity contribution in [2.24, 2.45) is 0 Å². The molecule has 0 aliphatic carbocycles. The summed E-state index contributed by atoms with van der Waals surface area (Å²) in [5.74, 6) is 0.176. The Morgan fingerprint density at radius 1 is 1.39 bits per heavy atom. The van der Waals surface area contributed by atoms with Crippen molar-refractivity contribution in [2.45, 2.75) is 6.42 Å². The van der Waals surface area contributed by atoms with Gasteiger partial charge in [0.25, 0.3) is 5.91 Å². The molecule has 0 spiro atoms. The quantitative estimate of drug-likeness (QED) is 0.834. The normalized spacial score (nSPS) is 10.8. The van der Waals surface area contributed by atoms with Gasteiger partial charge in [-0.3, -0.25) is 4.79 Å². The highest BCUT2D eigenvalue weighted by Crippen LogP contribution is 2.26. The van der Waals surface area contributed by atoms with E-state index in [0.29, 0.717) is 17.9 Å². The molecule has 4 nitrogen and oxygen atoms in total. The van der Waals surface area contributed by atoms with Crippen LogP contribution < -0.4 is 10.6 Å². The molecule has 0 saturated heterocycles. The summed E-state index contributed by atoms with van der Waals surface area (Å²) in [6.45, 7) is 1.52. The van der Waals surface area contributed by atoms with Crippen molar-refractivity contribution >= 4 is 32.8 Å². The minimum Gasteiger partial charge on any atom is -0.450 e. The van der Waals surface area contributed by atoms with Crippen molar-refractivity contribution in [3.05, 3.63) is 34.5 Å². The third-order valence-corrected chi connectivity index (χ3v) is 3.23. The van der Waals surface area contributed by atoms with Gasteiger partial charge in [-0.05, 0) is 48.1 Å². The Kier molecular flexibility index (Phi) is 4.38. The van der Waals surface area contributed by atoms with E-state index in [1.807, 2.05) is 25.2 Å². The lowest BCUT2D eigenvalue weighted by molar-refractivity contribution is 0.0927. The number of para-hydroxylation sites is 1. The highest BCUT2D eigenvalue weighted by Gasteiger charge is 2.12. The molecule has 5 heteroatoms. The Morgan fingerprint density at radius 2 is 2.22 bits per heavy atom. The Labute approximate surface area is 114 Å². The zero-order valence-electron chi connectivity index (χ0n) is 10.1. The number of nitrogens with one attached hydrogen (secondary N) is 2. The van der Waals surface area contributed by atoms with E-state index in [4.69, 9.17) is 4.42 Å². The lowest BCUT2D eigenvalue weighted by Gasteiger charge is -2.01. The van der Waals surface area contributed by atoms with E-state index in [0.717, 1.165) is 22.8 Å². The third-order valence-electron chi connectivity index (χ3n) is 2.61. The van der Waals surface area contributed by atoms with Crippen molar-refractivity contribution in [1.82, 2.24) is 10.6 Å². The van der Waals surface area contributed by atoms with Crippen molar-refractivity contribution in [3.8, 4) is 0 Å². The number of carbonyl (C=O) groups is 1. The minimum atomic E-state index is -0.172. The fourth-order valence-electron chi connectivity index (χ4n) is 1.69. The topological polar surface area (TPSA) is 54.3 Å². The molecule has 0 bridgehead atoms. The Hall–Kier alpha value is -1.33. The lowest BCUT2D eigenvalue weighted by Crippen LogP contribution is -2.26. The summed E-state index contributed by atoms with van der Waals surface area (Å²) >= 11 is 3.40. The van der Waals surface area contributed by atoms with Crippen LogP contribution in [-0.2, 0) is 0 Å². The van der Waals surface area contributed by atoms with Gasteiger partial charge in [-0.2, -0.15) is 0 Å². The summed E-state index contributed by atoms with van der Waals surface area (Å²) < 4.78 is 6.40. The number of amides is 1. The summed E-state index contributed by atoms with van der Waals surface area (Å²) in [5.41, 5.74) is 0.706. The molecule has 0 fully saturated rings. The van der Waals surface area contributed by atoms with Crippen LogP contribution in [0.3, 0.4) is 0 Å². The second-order valence-electron chi connectivity index (χ2n) is 3.98. The first kappa shape index (κ1) is 13.1. The number of hydrogen-bond donors (Lipinski definition) is 2. The number of fused-ring (bicyclic) bond motifs is 1. The van der Waals surface area contributed by atoms with Gasteiger partial charge in [-0.25, -0.2) is 0 Å². The van der Waals surface area contributed by atoms with Crippen LogP contribution in [0, 0.1) is 0 Å². The zero-order chi connectivity index (χ0) is 13.0. The number of hydrogen-bond acceptors (Lipinski definition) is 3. The molecule has 0 aliphatic heterocycles. The first-order valence-electron chi connectivity index (χ1n) is 5.83. The first-order valence-corrected chi connectivity index (χ1v) is 6.62. The molecule has 96 valence electrons. The van der Waals surface area contributed by atoms with Gasteiger partial charge >= 0.3 is 0 Å². The smallest absolute Gasteiger partial charge is 0.287 e. The second-order valence-corrected chi connectivity index (χ2v) is 4.84. The van der Waals surface area contributed by atoms with E-state index in [-0.39, 0.29) is 5.91 Å². The van der Waals surface area contributed by atoms with Crippen LogP contribution in [0.1, 0.15) is 17.0 Å². The largest absolute Gasteiger partial charge is 0.450 e. The molecule has 0 saturated carbocycles. The molecule has 18 heavy (non-hydrogen) atoms. The Bertz CT molecular complexity index is 551. The first-order chi connectivity index (χ1) is 8.72. The molecule has 1 aromatic heterocycles. The van der Waals surface area contributed by atoms with Crippen LogP contribution in [0.25, 0.3) is 11.0 Å². The number of benzene rings is 1. The van der Waals surface area contributed by atoms with Crippen LogP contribution >= 0.6 is 15.9 Å². The Morgan fingerprint density at radius 3 is 2.94 bits per heavy atom. The minimum absolute atomic E-state index is 0.172. The van der Waals surface area contributed by atoms with Crippen LogP contribution in [0.15, 0.2) is 33.2 Å². The number of carbonyl (C=O) groups excluding carboxylic acids is 1. The van der Waals surface area contributed by atoms with Gasteiger partial charge in [0.1, 0.15) is 5.58 Å². The van der Waals surface area contributed by atoms with Crippen molar-refractivity contribution in [2.75, 3.05) is 20.1 Å². The van der Waals surface area contributed by atoms with E-state index >= 15 is 0 Å². The van der Waals surface area contributed by atoms with Gasteiger partial charge in [0.15, 0.2) is 5.76 Å². The van der Waals surface area contributed by atoms with Crippen LogP contribution in [0.2, 0.25) is 0 Å². The number of rotatable bonds is 5. The molecule has 0 unspecified atom stereocenters. The third kappa shape index (κ3) is 2.91. The van der Waals surface area contributed by atoms with Gasteiger partial charge in [0.2, 0.25) is 0 Å². The Balaban J connectivity index is 2.06. The molecular formula is C13H15BrN2O2. The number of furan rings is 1. The highest BCUT2D eigenvalue weighted by molar-refractivity contribution is 9.10. The fourth-order valence-corrected chi connectivity index (χ4v) is 2.16. The van der Waals surface area contributed by atoms with Crippen molar-refractivity contribution in [3.63, 3.8) is 0 Å². The predicted octanol–water partition coefficient (Wildman–Crippen LogP) is 2.53. The summed E-state index contributed by atoms with van der Waals surface area (Å²) in [6, 6.07) is 7.48. The standard InChI is InChI=1S/C13H15BrN2O2/c1-15-6-3-7-16-13(17)11-8-9-4-2-5-10(14)12(9)18-11/h2,4-5,8,15H,3,6-7H2,1H3,(H,16,17). The van der Waals surface area contributed by atoms with Gasteiger partial charge in [0.05, 0.1) is 4.47 Å². The molecule has 2 N–H and O–H groups in total. The summed E-state index contributed by atoms with van der Waals surface area (Å²) in [5, 5.41) is 6.78. The highest BCUT2D eigenvalue weighted by atomic mass is 79.9. The van der Waals surface area contributed by atoms with Gasteiger partial charge in [-0.15, -0.1) is 0 Å². The van der Waals surface area contributed by atoms with Gasteiger partial charge in [-0.1, -0.05) is 12.1 Å². The van der Waals surface area contributed by atoms with Crippen LogP contribution in [0.5, 0.6) is 0 Å². The van der Waals surface area contributed by atoms with E-state index in [2.05, 4.69) is 26.6 Å². The maximum Gasteiger partial charge on any atom is 0.287 e. The maximum absolute atomic E-state index is 11.8. The molecule has 2 rings (SSSR count).